The van der Waals surface area contributed by atoms with Gasteiger partial charge < -0.3 is 15.8 Å². The van der Waals surface area contributed by atoms with E-state index in [-0.39, 0.29) is 22.9 Å². The van der Waals surface area contributed by atoms with Gasteiger partial charge in [0.25, 0.3) is 6.43 Å². The van der Waals surface area contributed by atoms with Crippen molar-refractivity contribution in [3.63, 3.8) is 0 Å². The lowest BCUT2D eigenvalue weighted by atomic mass is 10.0. The van der Waals surface area contributed by atoms with Crippen LogP contribution in [0.1, 0.15) is 25.8 Å². The number of halogens is 2. The van der Waals surface area contributed by atoms with Crippen molar-refractivity contribution in [2.75, 3.05) is 18.2 Å². The van der Waals surface area contributed by atoms with Gasteiger partial charge in [0, 0.05) is 16.9 Å². The Kier molecular flexibility index (Phi) is 5.09. The number of alkyl halides is 2. The zero-order valence-corrected chi connectivity index (χ0v) is 11.1. The number of benzene rings is 1. The van der Waals surface area contributed by atoms with E-state index >= 15 is 0 Å². The van der Waals surface area contributed by atoms with E-state index in [0.29, 0.717) is 0 Å². The second kappa shape index (κ2) is 6.36. The molecule has 0 aromatic heterocycles. The second-order valence-corrected chi connectivity index (χ2v) is 4.54. The van der Waals surface area contributed by atoms with Gasteiger partial charge in [0.2, 0.25) is 0 Å². The molecule has 1 rings (SSSR count). The van der Waals surface area contributed by atoms with E-state index in [1.54, 1.807) is 13.8 Å². The topological polar surface area (TPSA) is 64.3 Å². The van der Waals surface area contributed by atoms with Crippen LogP contribution in [0.2, 0.25) is 0 Å². The first kappa shape index (κ1) is 15.2. The molecule has 0 saturated heterocycles. The number of anilines is 2. The molecular formula is C13H18F2N2O2. The first-order valence-electron chi connectivity index (χ1n) is 5.88. The highest BCUT2D eigenvalue weighted by Crippen LogP contribution is 2.30. The first-order chi connectivity index (χ1) is 8.86. The lowest BCUT2D eigenvalue weighted by Gasteiger charge is -2.22. The van der Waals surface area contributed by atoms with Crippen molar-refractivity contribution in [2.24, 2.45) is 5.92 Å². The van der Waals surface area contributed by atoms with Gasteiger partial charge in [-0.3, -0.25) is 0 Å². The highest BCUT2D eigenvalue weighted by molar-refractivity contribution is 5.80. The van der Waals surface area contributed by atoms with Gasteiger partial charge in [0.15, 0.2) is 0 Å². The SMILES string of the molecule is COC(=O)C(Nc1ccc(N)cc1C(F)F)C(C)C. The number of rotatable bonds is 5. The van der Waals surface area contributed by atoms with Crippen molar-refractivity contribution < 1.29 is 18.3 Å². The quantitative estimate of drug-likeness (QED) is 0.639. The third-order valence-corrected chi connectivity index (χ3v) is 2.74. The minimum absolute atomic E-state index is 0.101. The average molecular weight is 272 g/mol. The number of ether oxygens (including phenoxy) is 1. The molecule has 1 aromatic carbocycles. The van der Waals surface area contributed by atoms with Gasteiger partial charge in [-0.25, -0.2) is 13.6 Å². The van der Waals surface area contributed by atoms with Crippen molar-refractivity contribution in [2.45, 2.75) is 26.3 Å². The van der Waals surface area contributed by atoms with Gasteiger partial charge in [-0.05, 0) is 24.1 Å². The summed E-state index contributed by atoms with van der Waals surface area (Å²) >= 11 is 0. The van der Waals surface area contributed by atoms with Crippen molar-refractivity contribution in [3.05, 3.63) is 23.8 Å². The Morgan fingerprint density at radius 3 is 2.47 bits per heavy atom. The fourth-order valence-electron chi connectivity index (χ4n) is 1.69. The molecule has 1 aromatic rings. The van der Waals surface area contributed by atoms with E-state index in [2.05, 4.69) is 10.1 Å². The van der Waals surface area contributed by atoms with Crippen LogP contribution in [-0.4, -0.2) is 19.1 Å². The number of nitrogens with two attached hydrogens (primary N) is 1. The number of nitrogens with one attached hydrogen (secondary N) is 1. The fourth-order valence-corrected chi connectivity index (χ4v) is 1.69. The molecule has 1 atom stereocenters. The molecule has 0 aliphatic rings. The molecule has 6 heteroatoms. The van der Waals surface area contributed by atoms with E-state index in [9.17, 15) is 13.6 Å². The summed E-state index contributed by atoms with van der Waals surface area (Å²) in [6.45, 7) is 3.60. The molecule has 19 heavy (non-hydrogen) atoms. The molecule has 0 amide bonds. The zero-order valence-electron chi connectivity index (χ0n) is 11.1. The van der Waals surface area contributed by atoms with Crippen LogP contribution in [0, 0.1) is 5.92 Å². The largest absolute Gasteiger partial charge is 0.467 e. The molecule has 0 bridgehead atoms. The third kappa shape index (κ3) is 3.81. The molecule has 0 radical (unpaired) electrons. The number of hydrogen-bond donors (Lipinski definition) is 2. The Morgan fingerprint density at radius 1 is 1.37 bits per heavy atom. The standard InChI is InChI=1S/C13H18F2N2O2/c1-7(2)11(13(18)19-3)17-10-5-4-8(16)6-9(10)12(14)15/h4-7,11-12,17H,16H2,1-3H3. The summed E-state index contributed by atoms with van der Waals surface area (Å²) < 4.78 is 30.5. The Balaban J connectivity index is 3.06. The molecule has 3 N–H and O–H groups in total. The van der Waals surface area contributed by atoms with Crippen molar-refractivity contribution in [1.29, 1.82) is 0 Å². The number of nitrogen functional groups attached to an aromatic ring is 1. The molecule has 106 valence electrons. The average Bonchev–Trinajstić information content (AvgIpc) is 2.35. The third-order valence-electron chi connectivity index (χ3n) is 2.74. The Morgan fingerprint density at radius 2 is 2.00 bits per heavy atom. The van der Waals surface area contributed by atoms with Crippen LogP contribution in [0.3, 0.4) is 0 Å². The highest BCUT2D eigenvalue weighted by Gasteiger charge is 2.25. The van der Waals surface area contributed by atoms with Crippen LogP contribution in [0.15, 0.2) is 18.2 Å². The second-order valence-electron chi connectivity index (χ2n) is 4.54. The maximum absolute atomic E-state index is 12.9. The number of carbonyl (C=O) groups is 1. The van der Waals surface area contributed by atoms with Crippen LogP contribution in [0.5, 0.6) is 0 Å². The molecule has 0 saturated carbocycles. The Hall–Kier alpha value is -1.85. The minimum Gasteiger partial charge on any atom is -0.467 e. The van der Waals surface area contributed by atoms with E-state index in [4.69, 9.17) is 5.73 Å². The van der Waals surface area contributed by atoms with E-state index in [1.807, 2.05) is 0 Å². The van der Waals surface area contributed by atoms with Gasteiger partial charge >= 0.3 is 5.97 Å². The number of esters is 1. The fraction of sp³-hybridized carbons (Fsp3) is 0.462. The lowest BCUT2D eigenvalue weighted by molar-refractivity contribution is -0.142. The van der Waals surface area contributed by atoms with Gasteiger partial charge in [0.1, 0.15) is 6.04 Å². The van der Waals surface area contributed by atoms with Crippen molar-refractivity contribution in [3.8, 4) is 0 Å². The summed E-state index contributed by atoms with van der Waals surface area (Å²) in [5.41, 5.74) is 5.70. The monoisotopic (exact) mass is 272 g/mol. The van der Waals surface area contributed by atoms with E-state index < -0.39 is 18.4 Å². The van der Waals surface area contributed by atoms with E-state index in [1.165, 1.54) is 25.3 Å². The van der Waals surface area contributed by atoms with Gasteiger partial charge in [-0.2, -0.15) is 0 Å². The van der Waals surface area contributed by atoms with Gasteiger partial charge in [0.05, 0.1) is 7.11 Å². The minimum atomic E-state index is -2.67. The Labute approximate surface area is 110 Å². The lowest BCUT2D eigenvalue weighted by Crippen LogP contribution is -2.35. The number of methoxy groups -OCH3 is 1. The van der Waals surface area contributed by atoms with E-state index in [0.717, 1.165) is 0 Å². The number of hydrogen-bond acceptors (Lipinski definition) is 4. The molecule has 4 nitrogen and oxygen atoms in total. The first-order valence-corrected chi connectivity index (χ1v) is 5.88. The smallest absolute Gasteiger partial charge is 0.328 e. The molecule has 0 spiro atoms. The van der Waals surface area contributed by atoms with Crippen LogP contribution in [0.4, 0.5) is 20.2 Å². The van der Waals surface area contributed by atoms with Gasteiger partial charge in [-0.15, -0.1) is 0 Å². The Bertz CT molecular complexity index is 450. The predicted molar refractivity (Wildman–Crippen MR) is 70.1 cm³/mol. The van der Waals surface area contributed by atoms with Crippen molar-refractivity contribution >= 4 is 17.3 Å². The van der Waals surface area contributed by atoms with Crippen LogP contribution in [-0.2, 0) is 9.53 Å². The summed E-state index contributed by atoms with van der Waals surface area (Å²) in [6.07, 6.45) is -2.67. The van der Waals surface area contributed by atoms with Gasteiger partial charge in [-0.1, -0.05) is 13.8 Å². The summed E-state index contributed by atoms with van der Waals surface area (Å²) in [5.74, 6) is -0.595. The zero-order chi connectivity index (χ0) is 14.6. The molecule has 0 aliphatic heterocycles. The highest BCUT2D eigenvalue weighted by atomic mass is 19.3. The number of carbonyl (C=O) groups excluding carboxylic acids is 1. The maximum Gasteiger partial charge on any atom is 0.328 e. The summed E-state index contributed by atoms with van der Waals surface area (Å²) in [7, 11) is 1.26. The molecule has 0 aliphatic carbocycles. The van der Waals surface area contributed by atoms with Crippen molar-refractivity contribution in [1.82, 2.24) is 0 Å². The predicted octanol–water partition coefficient (Wildman–Crippen LogP) is 2.82. The molecule has 0 fully saturated rings. The molecular weight excluding hydrogens is 254 g/mol. The van der Waals surface area contributed by atoms with Crippen LogP contribution >= 0.6 is 0 Å². The summed E-state index contributed by atoms with van der Waals surface area (Å²) in [4.78, 5) is 11.6. The maximum atomic E-state index is 12.9. The summed E-state index contributed by atoms with van der Waals surface area (Å²) in [5, 5.41) is 2.80. The van der Waals surface area contributed by atoms with Crippen LogP contribution in [0.25, 0.3) is 0 Å². The summed E-state index contributed by atoms with van der Waals surface area (Å²) in [6, 6.07) is 3.45. The molecule has 1 unspecified atom stereocenters. The molecule has 0 heterocycles. The van der Waals surface area contributed by atoms with Crippen LogP contribution < -0.4 is 11.1 Å². The normalized spacial score (nSPS) is 12.6.